The second-order valence-corrected chi connectivity index (χ2v) is 6.23. The van der Waals surface area contributed by atoms with E-state index in [1.165, 1.54) is 11.8 Å². The second kappa shape index (κ2) is 6.60. The van der Waals surface area contributed by atoms with Gasteiger partial charge in [-0.2, -0.15) is 13.2 Å². The fraction of sp³-hybridized carbons (Fsp3) is 0.778. The normalized spacial score (nSPS) is 23.5. The van der Waals surface area contributed by atoms with Crippen LogP contribution in [0.25, 0.3) is 0 Å². The second-order valence-electron chi connectivity index (χ2n) is 3.72. The maximum Gasteiger partial charge on any atom is 0.441 e. The molecular formula is C9H13F3N2O3S2. The Bertz CT molecular complexity index is 354. The molecular weight excluding hydrogens is 305 g/mol. The summed E-state index contributed by atoms with van der Waals surface area (Å²) in [5.41, 5.74) is -4.33. The molecule has 1 heterocycles. The van der Waals surface area contributed by atoms with Crippen molar-refractivity contribution in [2.24, 2.45) is 0 Å². The summed E-state index contributed by atoms with van der Waals surface area (Å²) >= 11 is 1.08. The van der Waals surface area contributed by atoms with Gasteiger partial charge in [0.15, 0.2) is 0 Å². The van der Waals surface area contributed by atoms with E-state index in [0.29, 0.717) is 0 Å². The average Bonchev–Trinajstić information content (AvgIpc) is 2.65. The lowest BCUT2D eigenvalue weighted by Crippen LogP contribution is -2.49. The summed E-state index contributed by atoms with van der Waals surface area (Å²) in [6.45, 7) is 1.51. The average molecular weight is 318 g/mol. The van der Waals surface area contributed by atoms with Gasteiger partial charge in [0.1, 0.15) is 6.04 Å². The number of amides is 2. The van der Waals surface area contributed by atoms with Crippen molar-refractivity contribution in [2.75, 3.05) is 18.1 Å². The molecule has 0 aromatic rings. The Hall–Kier alpha value is -0.770. The number of nitrogens with one attached hydrogen (secondary N) is 1. The van der Waals surface area contributed by atoms with Gasteiger partial charge in [0.2, 0.25) is 0 Å². The van der Waals surface area contributed by atoms with E-state index >= 15 is 0 Å². The third-order valence-electron chi connectivity index (χ3n) is 2.39. The van der Waals surface area contributed by atoms with Crippen molar-refractivity contribution in [3.05, 3.63) is 0 Å². The van der Waals surface area contributed by atoms with Gasteiger partial charge < -0.3 is 10.4 Å². The van der Waals surface area contributed by atoms with E-state index in [4.69, 9.17) is 5.11 Å². The van der Waals surface area contributed by atoms with Crippen LogP contribution in [-0.4, -0.2) is 57.0 Å². The Morgan fingerprint density at radius 1 is 1.53 bits per heavy atom. The van der Waals surface area contributed by atoms with Gasteiger partial charge in [-0.1, -0.05) is 0 Å². The first-order chi connectivity index (χ1) is 8.72. The molecule has 0 saturated carbocycles. The SMILES string of the molecule is CC1SCC(C(=O)O)N1C(=O)NCCSC(F)(F)F. The van der Waals surface area contributed by atoms with Gasteiger partial charge in [0, 0.05) is 18.1 Å². The number of thioether (sulfide) groups is 2. The Balaban J connectivity index is 2.42. The highest BCUT2D eigenvalue weighted by atomic mass is 32.2. The number of alkyl halides is 3. The van der Waals surface area contributed by atoms with Gasteiger partial charge in [0.25, 0.3) is 0 Å². The monoisotopic (exact) mass is 318 g/mol. The Morgan fingerprint density at radius 2 is 2.16 bits per heavy atom. The van der Waals surface area contributed by atoms with Crippen molar-refractivity contribution in [3.63, 3.8) is 0 Å². The lowest BCUT2D eigenvalue weighted by molar-refractivity contribution is -0.141. The fourth-order valence-electron chi connectivity index (χ4n) is 1.56. The predicted molar refractivity (Wildman–Crippen MR) is 67.1 cm³/mol. The molecule has 2 atom stereocenters. The molecule has 1 fully saturated rings. The molecule has 1 aliphatic heterocycles. The predicted octanol–water partition coefficient (Wildman–Crippen LogP) is 1.80. The first kappa shape index (κ1) is 16.3. The minimum atomic E-state index is -4.33. The van der Waals surface area contributed by atoms with E-state index in [2.05, 4.69) is 5.32 Å². The lowest BCUT2D eigenvalue weighted by Gasteiger charge is -2.25. The number of nitrogens with zero attached hydrogens (tertiary/aromatic N) is 1. The van der Waals surface area contributed by atoms with Crippen LogP contribution in [0.3, 0.4) is 0 Å². The molecule has 0 spiro atoms. The van der Waals surface area contributed by atoms with Crippen molar-refractivity contribution in [2.45, 2.75) is 23.8 Å². The van der Waals surface area contributed by atoms with Gasteiger partial charge in [-0.25, -0.2) is 9.59 Å². The Kier molecular flexibility index (Phi) is 5.65. The minimum absolute atomic E-state index is 0.163. The molecule has 0 bridgehead atoms. The van der Waals surface area contributed by atoms with E-state index in [0.717, 1.165) is 4.90 Å². The smallest absolute Gasteiger partial charge is 0.441 e. The third-order valence-corrected chi connectivity index (χ3v) is 4.34. The Morgan fingerprint density at radius 3 is 2.68 bits per heavy atom. The first-order valence-electron chi connectivity index (χ1n) is 5.33. The van der Waals surface area contributed by atoms with Crippen LogP contribution in [0.2, 0.25) is 0 Å². The van der Waals surface area contributed by atoms with Gasteiger partial charge >= 0.3 is 17.5 Å². The van der Waals surface area contributed by atoms with E-state index in [9.17, 15) is 22.8 Å². The molecule has 0 radical (unpaired) electrons. The summed E-state index contributed by atoms with van der Waals surface area (Å²) in [6, 6.07) is -1.58. The number of carboxylic acid groups (broad SMARTS) is 1. The van der Waals surface area contributed by atoms with E-state index in [1.54, 1.807) is 6.92 Å². The molecule has 2 amide bonds. The van der Waals surface area contributed by atoms with Gasteiger partial charge in [0.05, 0.1) is 5.37 Å². The number of hydrogen-bond donors (Lipinski definition) is 2. The fourth-order valence-corrected chi connectivity index (χ4v) is 3.16. The van der Waals surface area contributed by atoms with Crippen LogP contribution in [0.4, 0.5) is 18.0 Å². The molecule has 0 aliphatic carbocycles. The minimum Gasteiger partial charge on any atom is -0.480 e. The van der Waals surface area contributed by atoms with Crippen molar-refractivity contribution < 1.29 is 27.9 Å². The van der Waals surface area contributed by atoms with Gasteiger partial charge in [-0.05, 0) is 18.7 Å². The maximum absolute atomic E-state index is 11.9. The number of aliphatic carboxylic acids is 1. The van der Waals surface area contributed by atoms with Crippen LogP contribution in [0.1, 0.15) is 6.92 Å². The van der Waals surface area contributed by atoms with Crippen LogP contribution in [0, 0.1) is 0 Å². The number of carbonyl (C=O) groups excluding carboxylic acids is 1. The molecule has 2 unspecified atom stereocenters. The number of halogens is 3. The summed E-state index contributed by atoms with van der Waals surface area (Å²) in [6.07, 6.45) is 0. The van der Waals surface area contributed by atoms with E-state index < -0.39 is 23.6 Å². The van der Waals surface area contributed by atoms with Gasteiger partial charge in [-0.3, -0.25) is 4.90 Å². The summed E-state index contributed by atoms with van der Waals surface area (Å²) in [5.74, 6) is -1.14. The van der Waals surface area contributed by atoms with E-state index in [1.807, 2.05) is 0 Å². The number of hydrogen-bond acceptors (Lipinski definition) is 4. The molecule has 0 aromatic heterocycles. The third kappa shape index (κ3) is 5.01. The highest BCUT2D eigenvalue weighted by Gasteiger charge is 2.39. The molecule has 10 heteroatoms. The zero-order valence-electron chi connectivity index (χ0n) is 9.94. The molecule has 1 saturated heterocycles. The van der Waals surface area contributed by atoms with Crippen molar-refractivity contribution >= 4 is 35.5 Å². The summed E-state index contributed by atoms with van der Waals surface area (Å²) < 4.78 is 35.6. The first-order valence-corrected chi connectivity index (χ1v) is 7.37. The highest BCUT2D eigenvalue weighted by Crippen LogP contribution is 2.30. The quantitative estimate of drug-likeness (QED) is 0.774. The molecule has 0 aromatic carbocycles. The van der Waals surface area contributed by atoms with Crippen molar-refractivity contribution in [1.29, 1.82) is 0 Å². The number of urea groups is 1. The lowest BCUT2D eigenvalue weighted by atomic mass is 10.3. The summed E-state index contributed by atoms with van der Waals surface area (Å²) in [7, 11) is 0. The highest BCUT2D eigenvalue weighted by molar-refractivity contribution is 8.00. The standard InChI is InChI=1S/C9H13F3N2O3S2/c1-5-14(6(4-18-5)7(15)16)8(17)13-2-3-19-9(10,11)12/h5-6H,2-4H2,1H3,(H,13,17)(H,15,16). The van der Waals surface area contributed by atoms with E-state index in [-0.39, 0.29) is 35.2 Å². The molecule has 1 rings (SSSR count). The summed E-state index contributed by atoms with van der Waals surface area (Å²) in [4.78, 5) is 23.8. The zero-order chi connectivity index (χ0) is 14.6. The molecule has 2 N–H and O–H groups in total. The van der Waals surface area contributed by atoms with Crippen LogP contribution in [0.15, 0.2) is 0 Å². The number of carboxylic acids is 1. The summed E-state index contributed by atoms with van der Waals surface area (Å²) in [5, 5.41) is 10.9. The maximum atomic E-state index is 11.9. The zero-order valence-corrected chi connectivity index (χ0v) is 11.6. The van der Waals surface area contributed by atoms with Crippen LogP contribution in [-0.2, 0) is 4.79 Å². The molecule has 1 aliphatic rings. The molecule has 110 valence electrons. The molecule has 5 nitrogen and oxygen atoms in total. The van der Waals surface area contributed by atoms with Crippen molar-refractivity contribution in [1.82, 2.24) is 10.2 Å². The Labute approximate surface area is 116 Å². The van der Waals surface area contributed by atoms with Crippen molar-refractivity contribution in [3.8, 4) is 0 Å². The topological polar surface area (TPSA) is 69.6 Å². The number of rotatable bonds is 4. The molecule has 19 heavy (non-hydrogen) atoms. The van der Waals surface area contributed by atoms with Crippen LogP contribution < -0.4 is 5.32 Å². The van der Waals surface area contributed by atoms with Crippen LogP contribution in [0.5, 0.6) is 0 Å². The van der Waals surface area contributed by atoms with Gasteiger partial charge in [-0.15, -0.1) is 11.8 Å². The largest absolute Gasteiger partial charge is 0.480 e. The number of carbonyl (C=O) groups is 2. The van der Waals surface area contributed by atoms with Crippen LogP contribution >= 0.6 is 23.5 Å².